The Labute approximate surface area is 106 Å². The Morgan fingerprint density at radius 1 is 1.44 bits per heavy atom. The van der Waals surface area contributed by atoms with E-state index >= 15 is 0 Å². The molecule has 0 aromatic heterocycles. The highest BCUT2D eigenvalue weighted by Crippen LogP contribution is 2.28. The van der Waals surface area contributed by atoms with Crippen LogP contribution in [0.15, 0.2) is 18.2 Å². The minimum atomic E-state index is -0.119. The zero-order valence-electron chi connectivity index (χ0n) is 10.0. The van der Waals surface area contributed by atoms with Gasteiger partial charge in [0.05, 0.1) is 11.8 Å². The second-order valence-electron chi connectivity index (χ2n) is 4.08. The molecule has 1 aliphatic rings. The van der Waals surface area contributed by atoms with E-state index < -0.39 is 0 Å². The van der Waals surface area contributed by atoms with Crippen molar-refractivity contribution < 1.29 is 9.53 Å². The lowest BCUT2D eigenvalue weighted by Gasteiger charge is -2.18. The number of anilines is 1. The van der Waals surface area contributed by atoms with E-state index in [2.05, 4.69) is 16.7 Å². The number of hydrogen-bond donors (Lipinski definition) is 2. The summed E-state index contributed by atoms with van der Waals surface area (Å²) >= 11 is 0. The molecule has 0 unspecified atom stereocenters. The summed E-state index contributed by atoms with van der Waals surface area (Å²) in [7, 11) is 0. The predicted octanol–water partition coefficient (Wildman–Crippen LogP) is 1.06. The molecule has 1 aromatic rings. The maximum absolute atomic E-state index is 11.2. The number of nitrogens with zero attached hydrogens (tertiary/aromatic N) is 1. The molecule has 18 heavy (non-hydrogen) atoms. The molecular formula is C13H15N3O2. The van der Waals surface area contributed by atoms with E-state index in [1.165, 1.54) is 0 Å². The maximum Gasteiger partial charge on any atom is 0.262 e. The van der Waals surface area contributed by atoms with E-state index in [0.717, 1.165) is 30.0 Å². The molecule has 0 aliphatic carbocycles. The summed E-state index contributed by atoms with van der Waals surface area (Å²) < 4.78 is 5.28. The van der Waals surface area contributed by atoms with E-state index in [1.54, 1.807) is 0 Å². The van der Waals surface area contributed by atoms with E-state index in [0.29, 0.717) is 13.0 Å². The molecule has 0 atom stereocenters. The van der Waals surface area contributed by atoms with Gasteiger partial charge in [-0.25, -0.2) is 0 Å². The van der Waals surface area contributed by atoms with Gasteiger partial charge >= 0.3 is 0 Å². The minimum Gasteiger partial charge on any atom is -0.482 e. The van der Waals surface area contributed by atoms with Crippen LogP contribution in [0.5, 0.6) is 5.75 Å². The van der Waals surface area contributed by atoms with Crippen LogP contribution in [0.25, 0.3) is 0 Å². The Morgan fingerprint density at radius 3 is 3.17 bits per heavy atom. The summed E-state index contributed by atoms with van der Waals surface area (Å²) in [6, 6.07) is 7.88. The van der Waals surface area contributed by atoms with Gasteiger partial charge in [-0.1, -0.05) is 6.07 Å². The highest BCUT2D eigenvalue weighted by atomic mass is 16.5. The van der Waals surface area contributed by atoms with Gasteiger partial charge < -0.3 is 15.4 Å². The third kappa shape index (κ3) is 3.22. The molecule has 5 nitrogen and oxygen atoms in total. The molecule has 2 N–H and O–H groups in total. The number of fused-ring (bicyclic) bond motifs is 1. The molecule has 1 heterocycles. The zero-order chi connectivity index (χ0) is 12.8. The van der Waals surface area contributed by atoms with Gasteiger partial charge in [-0.15, -0.1) is 0 Å². The fraction of sp³-hybridized carbons (Fsp3) is 0.385. The van der Waals surface area contributed by atoms with Gasteiger partial charge in [-0.05, 0) is 30.7 Å². The van der Waals surface area contributed by atoms with E-state index in [1.807, 2.05) is 18.2 Å². The van der Waals surface area contributed by atoms with Crippen molar-refractivity contribution in [1.82, 2.24) is 5.32 Å². The van der Waals surface area contributed by atoms with Crippen molar-refractivity contribution in [3.05, 3.63) is 23.8 Å². The van der Waals surface area contributed by atoms with Gasteiger partial charge in [0.25, 0.3) is 5.91 Å². The third-order valence-electron chi connectivity index (χ3n) is 2.68. The number of nitriles is 1. The Balaban J connectivity index is 1.88. The standard InChI is InChI=1S/C13H15N3O2/c14-5-1-6-15-7-4-10-2-3-12-11(8-10)16-13(17)9-18-12/h2-3,8,15H,1,4,6-7,9H2,(H,16,17). The van der Waals surface area contributed by atoms with E-state index in [4.69, 9.17) is 10.00 Å². The first-order chi connectivity index (χ1) is 8.79. The molecule has 1 amide bonds. The first-order valence-electron chi connectivity index (χ1n) is 5.93. The van der Waals surface area contributed by atoms with Crippen LogP contribution in [0.3, 0.4) is 0 Å². The van der Waals surface area contributed by atoms with Gasteiger partial charge in [-0.3, -0.25) is 4.79 Å². The third-order valence-corrected chi connectivity index (χ3v) is 2.68. The quantitative estimate of drug-likeness (QED) is 0.761. The Hall–Kier alpha value is -2.06. The number of benzene rings is 1. The van der Waals surface area contributed by atoms with Gasteiger partial charge in [0, 0.05) is 13.0 Å². The lowest BCUT2D eigenvalue weighted by atomic mass is 10.1. The number of carbonyl (C=O) groups is 1. The molecule has 0 saturated heterocycles. The molecule has 0 spiro atoms. The summed E-state index contributed by atoms with van der Waals surface area (Å²) in [6.07, 6.45) is 1.38. The fourth-order valence-corrected chi connectivity index (χ4v) is 1.79. The average molecular weight is 245 g/mol. The second-order valence-corrected chi connectivity index (χ2v) is 4.08. The van der Waals surface area contributed by atoms with Crippen molar-refractivity contribution in [3.63, 3.8) is 0 Å². The van der Waals surface area contributed by atoms with Crippen LogP contribution in [0.4, 0.5) is 5.69 Å². The molecule has 1 aromatic carbocycles. The molecular weight excluding hydrogens is 230 g/mol. The summed E-state index contributed by atoms with van der Waals surface area (Å²) in [4.78, 5) is 11.2. The fourth-order valence-electron chi connectivity index (χ4n) is 1.79. The van der Waals surface area contributed by atoms with Gasteiger partial charge in [-0.2, -0.15) is 5.26 Å². The van der Waals surface area contributed by atoms with Crippen molar-refractivity contribution in [3.8, 4) is 11.8 Å². The summed E-state index contributed by atoms with van der Waals surface area (Å²) in [5.74, 6) is 0.600. The van der Waals surface area contributed by atoms with E-state index in [9.17, 15) is 4.79 Å². The number of amides is 1. The van der Waals surface area contributed by atoms with Crippen LogP contribution in [0.1, 0.15) is 12.0 Å². The highest BCUT2D eigenvalue weighted by molar-refractivity contribution is 5.95. The normalized spacial score (nSPS) is 13.2. The lowest BCUT2D eigenvalue weighted by Crippen LogP contribution is -2.25. The summed E-state index contributed by atoms with van der Waals surface area (Å²) in [6.45, 7) is 1.61. The topological polar surface area (TPSA) is 74.2 Å². The van der Waals surface area contributed by atoms with Crippen LogP contribution in [0, 0.1) is 11.3 Å². The zero-order valence-corrected chi connectivity index (χ0v) is 10.0. The van der Waals surface area contributed by atoms with Crippen molar-refractivity contribution in [2.45, 2.75) is 12.8 Å². The van der Waals surface area contributed by atoms with Gasteiger partial charge in [0.2, 0.25) is 0 Å². The van der Waals surface area contributed by atoms with Crippen LogP contribution < -0.4 is 15.4 Å². The molecule has 94 valence electrons. The SMILES string of the molecule is N#CCCNCCc1ccc2c(c1)NC(=O)CO2. The Kier molecular flexibility index (Phi) is 4.15. The Bertz CT molecular complexity index is 480. The number of hydrogen-bond acceptors (Lipinski definition) is 4. The monoisotopic (exact) mass is 245 g/mol. The highest BCUT2D eigenvalue weighted by Gasteiger charge is 2.15. The molecule has 5 heteroatoms. The molecule has 2 rings (SSSR count). The van der Waals surface area contributed by atoms with Crippen LogP contribution in [-0.2, 0) is 11.2 Å². The first-order valence-corrected chi connectivity index (χ1v) is 5.93. The van der Waals surface area contributed by atoms with Crippen LogP contribution in [-0.4, -0.2) is 25.6 Å². The average Bonchev–Trinajstić information content (AvgIpc) is 2.38. The summed E-state index contributed by atoms with van der Waals surface area (Å²) in [5, 5.41) is 14.4. The smallest absolute Gasteiger partial charge is 0.262 e. The number of nitrogens with one attached hydrogen (secondary N) is 2. The van der Waals surface area contributed by atoms with Crippen LogP contribution >= 0.6 is 0 Å². The maximum atomic E-state index is 11.2. The van der Waals surface area contributed by atoms with Gasteiger partial charge in [0.15, 0.2) is 6.61 Å². The molecule has 0 fully saturated rings. The predicted molar refractivity (Wildman–Crippen MR) is 67.4 cm³/mol. The number of rotatable bonds is 5. The van der Waals surface area contributed by atoms with Crippen LogP contribution in [0.2, 0.25) is 0 Å². The second kappa shape index (κ2) is 6.03. The lowest BCUT2D eigenvalue weighted by molar-refractivity contribution is -0.118. The van der Waals surface area contributed by atoms with Crippen molar-refractivity contribution in [2.24, 2.45) is 0 Å². The largest absolute Gasteiger partial charge is 0.482 e. The molecule has 0 bridgehead atoms. The molecule has 0 radical (unpaired) electrons. The van der Waals surface area contributed by atoms with Crippen molar-refractivity contribution in [2.75, 3.05) is 25.0 Å². The minimum absolute atomic E-state index is 0.0854. The van der Waals surface area contributed by atoms with E-state index in [-0.39, 0.29) is 12.5 Å². The van der Waals surface area contributed by atoms with Gasteiger partial charge in [0.1, 0.15) is 5.75 Å². The number of carbonyl (C=O) groups excluding carboxylic acids is 1. The Morgan fingerprint density at radius 2 is 2.33 bits per heavy atom. The first kappa shape index (κ1) is 12.4. The van der Waals surface area contributed by atoms with Crippen molar-refractivity contribution >= 4 is 11.6 Å². The summed E-state index contributed by atoms with van der Waals surface area (Å²) in [5.41, 5.74) is 1.87. The number of ether oxygens (including phenoxy) is 1. The van der Waals surface area contributed by atoms with Crippen molar-refractivity contribution in [1.29, 1.82) is 5.26 Å². The molecule has 1 aliphatic heterocycles. The molecule has 0 saturated carbocycles.